The van der Waals surface area contributed by atoms with Gasteiger partial charge in [0.15, 0.2) is 9.84 Å². The van der Waals surface area contributed by atoms with Crippen LogP contribution in [-0.2, 0) is 14.6 Å². The Morgan fingerprint density at radius 1 is 1.06 bits per heavy atom. The quantitative estimate of drug-likeness (QED) is 0.718. The van der Waals surface area contributed by atoms with Gasteiger partial charge in [-0.05, 0) is 52.2 Å². The first kappa shape index (κ1) is 23.8. The number of hydrogen-bond acceptors (Lipinski definition) is 6. The van der Waals surface area contributed by atoms with Gasteiger partial charge in [-0.3, -0.25) is 14.4 Å². The lowest BCUT2D eigenvalue weighted by Crippen LogP contribution is -2.49. The Hall–Kier alpha value is -2.39. The Balaban J connectivity index is 1.36. The molecule has 33 heavy (non-hydrogen) atoms. The molecule has 2 aromatic rings. The molecule has 1 aromatic carbocycles. The molecule has 1 amide bonds. The molecular formula is C24H35N5O3S. The van der Waals surface area contributed by atoms with Gasteiger partial charge in [-0.2, -0.15) is 5.10 Å². The van der Waals surface area contributed by atoms with Crippen LogP contribution in [0.25, 0.3) is 0 Å². The zero-order valence-electron chi connectivity index (χ0n) is 20.3. The van der Waals surface area contributed by atoms with Crippen LogP contribution >= 0.6 is 0 Å². The molecule has 9 heteroatoms. The highest BCUT2D eigenvalue weighted by molar-refractivity contribution is 7.91. The minimum absolute atomic E-state index is 0.0149. The van der Waals surface area contributed by atoms with Crippen LogP contribution in [0.15, 0.2) is 12.1 Å². The van der Waals surface area contributed by atoms with Crippen LogP contribution in [0, 0.1) is 34.6 Å². The molecule has 2 fully saturated rings. The number of aromatic nitrogens is 2. The van der Waals surface area contributed by atoms with Gasteiger partial charge in [0.25, 0.3) is 0 Å². The second kappa shape index (κ2) is 9.10. The summed E-state index contributed by atoms with van der Waals surface area (Å²) in [6.07, 6.45) is 0.632. The Kier molecular flexibility index (Phi) is 6.55. The van der Waals surface area contributed by atoms with Crippen molar-refractivity contribution in [3.8, 4) is 0 Å². The molecule has 0 spiro atoms. The summed E-state index contributed by atoms with van der Waals surface area (Å²) in [7, 11) is -2.96. The van der Waals surface area contributed by atoms with Crippen molar-refractivity contribution in [3.05, 3.63) is 40.2 Å². The maximum absolute atomic E-state index is 12.7. The highest BCUT2D eigenvalue weighted by atomic mass is 32.2. The fourth-order valence-corrected chi connectivity index (χ4v) is 7.02. The number of aryl methyl sites for hydroxylation is 4. The molecule has 1 N–H and O–H groups in total. The third-order valence-electron chi connectivity index (χ3n) is 6.84. The molecule has 1 atom stereocenters. The summed E-state index contributed by atoms with van der Waals surface area (Å²) < 4.78 is 25.8. The van der Waals surface area contributed by atoms with Crippen molar-refractivity contribution in [1.82, 2.24) is 14.7 Å². The van der Waals surface area contributed by atoms with E-state index in [-0.39, 0.29) is 23.5 Å². The van der Waals surface area contributed by atoms with Crippen molar-refractivity contribution in [2.24, 2.45) is 0 Å². The van der Waals surface area contributed by atoms with E-state index in [4.69, 9.17) is 5.10 Å². The summed E-state index contributed by atoms with van der Waals surface area (Å²) in [5.41, 5.74) is 7.36. The standard InChI is InChI=1S/C24H35N5O3S/c1-16-12-17(2)23(18(3)13-16)25-22(30)14-27-7-9-28(10-8-27)24-19(4)26-29(20(24)5)21-6-11-33(31,32)15-21/h12-13,21H,6-11,14-15H2,1-5H3,(H,25,30). The number of carbonyl (C=O) groups excluding carboxylic acids is 1. The van der Waals surface area contributed by atoms with Gasteiger partial charge in [0.05, 0.1) is 41.2 Å². The molecule has 8 nitrogen and oxygen atoms in total. The molecule has 3 heterocycles. The molecule has 4 rings (SSSR count). The second-order valence-corrected chi connectivity index (χ2v) is 11.8. The summed E-state index contributed by atoms with van der Waals surface area (Å²) in [6, 6.07) is 4.11. The minimum Gasteiger partial charge on any atom is -0.366 e. The van der Waals surface area contributed by atoms with Gasteiger partial charge < -0.3 is 10.2 Å². The minimum atomic E-state index is -2.96. The van der Waals surface area contributed by atoms with Crippen LogP contribution in [0.4, 0.5) is 11.4 Å². The van der Waals surface area contributed by atoms with Crippen LogP contribution in [0.1, 0.15) is 40.5 Å². The fraction of sp³-hybridized carbons (Fsp3) is 0.583. The van der Waals surface area contributed by atoms with Crippen LogP contribution < -0.4 is 10.2 Å². The Labute approximate surface area is 196 Å². The lowest BCUT2D eigenvalue weighted by atomic mass is 10.1. The van der Waals surface area contributed by atoms with E-state index in [0.717, 1.165) is 60.1 Å². The molecule has 180 valence electrons. The molecule has 1 unspecified atom stereocenters. The van der Waals surface area contributed by atoms with Crippen molar-refractivity contribution < 1.29 is 13.2 Å². The summed E-state index contributed by atoms with van der Waals surface area (Å²) in [4.78, 5) is 17.2. The van der Waals surface area contributed by atoms with Crippen LogP contribution in [-0.4, -0.2) is 73.2 Å². The number of hydrogen-bond donors (Lipinski definition) is 1. The van der Waals surface area contributed by atoms with Gasteiger partial charge in [0.2, 0.25) is 5.91 Å². The summed E-state index contributed by atoms with van der Waals surface area (Å²) in [6.45, 7) is 13.7. The van der Waals surface area contributed by atoms with E-state index < -0.39 is 9.84 Å². The number of sulfone groups is 1. The first-order chi connectivity index (χ1) is 15.5. The van der Waals surface area contributed by atoms with Gasteiger partial charge in [0.1, 0.15) is 0 Å². The number of carbonyl (C=O) groups is 1. The monoisotopic (exact) mass is 473 g/mol. The Morgan fingerprint density at radius 2 is 1.70 bits per heavy atom. The molecule has 2 saturated heterocycles. The molecule has 0 bridgehead atoms. The molecule has 2 aliphatic rings. The normalized spacial score (nSPS) is 20.9. The molecule has 0 aliphatic carbocycles. The Morgan fingerprint density at radius 3 is 2.27 bits per heavy atom. The predicted octanol–water partition coefficient (Wildman–Crippen LogP) is 2.55. The van der Waals surface area contributed by atoms with Crippen molar-refractivity contribution in [2.75, 3.05) is 54.4 Å². The number of nitrogens with zero attached hydrogens (tertiary/aromatic N) is 4. The predicted molar refractivity (Wildman–Crippen MR) is 132 cm³/mol. The van der Waals surface area contributed by atoms with Gasteiger partial charge >= 0.3 is 0 Å². The molecule has 0 radical (unpaired) electrons. The smallest absolute Gasteiger partial charge is 0.238 e. The number of benzene rings is 1. The fourth-order valence-electron chi connectivity index (χ4n) is 5.32. The highest BCUT2D eigenvalue weighted by Gasteiger charge is 2.32. The second-order valence-electron chi connectivity index (χ2n) is 9.61. The number of amides is 1. The van der Waals surface area contributed by atoms with Gasteiger partial charge in [-0.25, -0.2) is 8.42 Å². The third kappa shape index (κ3) is 5.09. The maximum atomic E-state index is 12.7. The number of anilines is 2. The number of rotatable bonds is 5. The largest absolute Gasteiger partial charge is 0.366 e. The van der Waals surface area contributed by atoms with Crippen LogP contribution in [0.2, 0.25) is 0 Å². The maximum Gasteiger partial charge on any atom is 0.238 e. The first-order valence-corrected chi connectivity index (χ1v) is 13.5. The zero-order chi connectivity index (χ0) is 23.9. The van der Waals surface area contributed by atoms with E-state index in [0.29, 0.717) is 13.0 Å². The van der Waals surface area contributed by atoms with Gasteiger partial charge in [0, 0.05) is 31.9 Å². The average Bonchev–Trinajstić information content (AvgIpc) is 3.23. The summed E-state index contributed by atoms with van der Waals surface area (Å²) >= 11 is 0. The lowest BCUT2D eigenvalue weighted by molar-refractivity contribution is -0.117. The zero-order valence-corrected chi connectivity index (χ0v) is 21.1. The van der Waals surface area contributed by atoms with E-state index in [1.54, 1.807) is 0 Å². The van der Waals surface area contributed by atoms with Crippen LogP contribution in [0.3, 0.4) is 0 Å². The molecule has 2 aliphatic heterocycles. The molecule has 0 saturated carbocycles. The van der Waals surface area contributed by atoms with Crippen molar-refractivity contribution in [1.29, 1.82) is 0 Å². The van der Waals surface area contributed by atoms with E-state index in [9.17, 15) is 13.2 Å². The van der Waals surface area contributed by atoms with E-state index in [1.807, 2.05) is 32.4 Å². The average molecular weight is 474 g/mol. The number of piperazine rings is 1. The SMILES string of the molecule is Cc1cc(C)c(NC(=O)CN2CCN(c3c(C)nn(C4CCS(=O)(=O)C4)c3C)CC2)c(C)c1. The van der Waals surface area contributed by atoms with Gasteiger partial charge in [-0.15, -0.1) is 0 Å². The molecule has 1 aromatic heterocycles. The van der Waals surface area contributed by atoms with E-state index >= 15 is 0 Å². The molecular weight excluding hydrogens is 438 g/mol. The number of nitrogens with one attached hydrogen (secondary N) is 1. The van der Waals surface area contributed by atoms with Crippen molar-refractivity contribution in [3.63, 3.8) is 0 Å². The van der Waals surface area contributed by atoms with Gasteiger partial charge in [-0.1, -0.05) is 17.7 Å². The Bertz CT molecular complexity index is 1140. The summed E-state index contributed by atoms with van der Waals surface area (Å²) in [5, 5.41) is 7.80. The topological polar surface area (TPSA) is 87.5 Å². The van der Waals surface area contributed by atoms with E-state index in [1.165, 1.54) is 5.56 Å². The van der Waals surface area contributed by atoms with Crippen molar-refractivity contribution in [2.45, 2.75) is 47.1 Å². The summed E-state index contributed by atoms with van der Waals surface area (Å²) in [5.74, 6) is 0.437. The lowest BCUT2D eigenvalue weighted by Gasteiger charge is -2.36. The highest BCUT2D eigenvalue weighted by Crippen LogP contribution is 2.31. The van der Waals surface area contributed by atoms with E-state index in [2.05, 4.69) is 34.2 Å². The third-order valence-corrected chi connectivity index (χ3v) is 8.59. The van der Waals surface area contributed by atoms with Crippen molar-refractivity contribution >= 4 is 27.1 Å². The van der Waals surface area contributed by atoms with Crippen LogP contribution in [0.5, 0.6) is 0 Å². The first-order valence-electron chi connectivity index (χ1n) is 11.6.